The number of para-hydroxylation sites is 4. The summed E-state index contributed by atoms with van der Waals surface area (Å²) in [5.41, 5.74) is 1.05. The highest BCUT2D eigenvalue weighted by Gasteiger charge is 2.42. The smallest absolute Gasteiger partial charge is 0.265 e. The van der Waals surface area contributed by atoms with E-state index in [9.17, 15) is 18.0 Å². The SMILES string of the molecule is CCOc1ccccc1NC(=O)CC1C(=O)Nc2ccccc2N1S(=O)(=O)c1ccc(OC)cc1. The fourth-order valence-electron chi connectivity index (χ4n) is 3.82. The largest absolute Gasteiger partial charge is 0.497 e. The molecule has 2 N–H and O–H groups in total. The maximum absolute atomic E-state index is 13.7. The standard InChI is InChI=1S/C25H25N3O6S/c1-3-34-23-11-7-5-9-20(23)26-24(29)16-22-25(30)27-19-8-4-6-10-21(19)28(22)35(31,32)18-14-12-17(33-2)13-15-18/h4-15,22H,3,16H2,1-2H3,(H,26,29)(H,27,30). The molecular formula is C25H25N3O6S. The van der Waals surface area contributed by atoms with E-state index in [0.29, 0.717) is 29.5 Å². The summed E-state index contributed by atoms with van der Waals surface area (Å²) in [6.07, 6.45) is -0.407. The Labute approximate surface area is 203 Å². The second-order valence-corrected chi connectivity index (χ2v) is 9.49. The molecule has 0 saturated carbocycles. The van der Waals surface area contributed by atoms with Gasteiger partial charge in [0.25, 0.3) is 10.0 Å². The number of hydrogen-bond donors (Lipinski definition) is 2. The van der Waals surface area contributed by atoms with Gasteiger partial charge in [0.05, 0.1) is 42.1 Å². The Hall–Kier alpha value is -4.05. The summed E-state index contributed by atoms with van der Waals surface area (Å²) >= 11 is 0. The quantitative estimate of drug-likeness (QED) is 0.493. The summed E-state index contributed by atoms with van der Waals surface area (Å²) < 4.78 is 39.1. The van der Waals surface area contributed by atoms with Crippen LogP contribution in [0.5, 0.6) is 11.5 Å². The average molecular weight is 496 g/mol. The minimum Gasteiger partial charge on any atom is -0.497 e. The zero-order valence-corrected chi connectivity index (χ0v) is 20.0. The van der Waals surface area contributed by atoms with Crippen LogP contribution < -0.4 is 24.4 Å². The lowest BCUT2D eigenvalue weighted by Crippen LogP contribution is -2.52. The minimum absolute atomic E-state index is 0.0325. The maximum atomic E-state index is 13.7. The second-order valence-electron chi connectivity index (χ2n) is 7.68. The number of anilines is 3. The van der Waals surface area contributed by atoms with Gasteiger partial charge in [-0.25, -0.2) is 8.42 Å². The van der Waals surface area contributed by atoms with Crippen molar-refractivity contribution in [3.63, 3.8) is 0 Å². The first-order valence-corrected chi connectivity index (χ1v) is 12.4. The molecule has 3 aromatic rings. The summed E-state index contributed by atoms with van der Waals surface area (Å²) in [6.45, 7) is 2.23. The highest BCUT2D eigenvalue weighted by Crippen LogP contribution is 2.37. The number of nitrogens with zero attached hydrogens (tertiary/aromatic N) is 1. The highest BCUT2D eigenvalue weighted by atomic mass is 32.2. The summed E-state index contributed by atoms with van der Waals surface area (Å²) in [4.78, 5) is 26.0. The third kappa shape index (κ3) is 4.92. The Morgan fingerprint density at radius 1 is 1.03 bits per heavy atom. The fourth-order valence-corrected chi connectivity index (χ4v) is 5.45. The molecule has 3 aromatic carbocycles. The third-order valence-electron chi connectivity index (χ3n) is 5.44. The molecule has 1 aliphatic rings. The number of sulfonamides is 1. The van der Waals surface area contributed by atoms with E-state index < -0.39 is 34.3 Å². The minimum atomic E-state index is -4.21. The molecule has 1 atom stereocenters. The van der Waals surface area contributed by atoms with Crippen molar-refractivity contribution in [3.05, 3.63) is 72.8 Å². The molecule has 0 aromatic heterocycles. The first-order chi connectivity index (χ1) is 16.8. The van der Waals surface area contributed by atoms with Gasteiger partial charge in [-0.3, -0.25) is 13.9 Å². The Kier molecular flexibility index (Phi) is 6.92. The van der Waals surface area contributed by atoms with Crippen LogP contribution in [0.15, 0.2) is 77.7 Å². The van der Waals surface area contributed by atoms with Gasteiger partial charge in [-0.15, -0.1) is 0 Å². The predicted molar refractivity (Wildman–Crippen MR) is 132 cm³/mol. The Morgan fingerprint density at radius 2 is 1.71 bits per heavy atom. The van der Waals surface area contributed by atoms with Gasteiger partial charge in [0.1, 0.15) is 17.5 Å². The fraction of sp³-hybridized carbons (Fsp3) is 0.200. The number of ether oxygens (including phenoxy) is 2. The van der Waals surface area contributed by atoms with Crippen molar-refractivity contribution < 1.29 is 27.5 Å². The number of carbonyl (C=O) groups is 2. The van der Waals surface area contributed by atoms with Crippen LogP contribution in [-0.2, 0) is 19.6 Å². The summed E-state index contributed by atoms with van der Waals surface area (Å²) in [5, 5.41) is 5.44. The van der Waals surface area contributed by atoms with E-state index in [0.717, 1.165) is 4.31 Å². The summed E-state index contributed by atoms with van der Waals surface area (Å²) in [5.74, 6) is -0.172. The molecule has 4 rings (SSSR count). The Balaban J connectivity index is 1.69. The van der Waals surface area contributed by atoms with Crippen molar-refractivity contribution in [2.75, 3.05) is 28.7 Å². The van der Waals surface area contributed by atoms with Crippen LogP contribution >= 0.6 is 0 Å². The molecule has 0 saturated heterocycles. The molecule has 0 fully saturated rings. The molecule has 35 heavy (non-hydrogen) atoms. The molecule has 0 aliphatic carbocycles. The Morgan fingerprint density at radius 3 is 2.43 bits per heavy atom. The lowest BCUT2D eigenvalue weighted by atomic mass is 10.1. The van der Waals surface area contributed by atoms with E-state index in [1.54, 1.807) is 48.5 Å². The van der Waals surface area contributed by atoms with Crippen molar-refractivity contribution >= 4 is 38.9 Å². The molecular weight excluding hydrogens is 470 g/mol. The summed E-state index contributed by atoms with van der Waals surface area (Å²) in [6, 6.07) is 18.0. The number of nitrogens with one attached hydrogen (secondary N) is 2. The predicted octanol–water partition coefficient (Wildman–Crippen LogP) is 3.64. The van der Waals surface area contributed by atoms with Crippen LogP contribution in [0.2, 0.25) is 0 Å². The van der Waals surface area contributed by atoms with Crippen LogP contribution in [-0.4, -0.2) is 40.0 Å². The van der Waals surface area contributed by atoms with Crippen molar-refractivity contribution in [1.82, 2.24) is 0 Å². The molecule has 1 unspecified atom stereocenters. The van der Waals surface area contributed by atoms with Gasteiger partial charge in [-0.05, 0) is 55.5 Å². The molecule has 182 valence electrons. The topological polar surface area (TPSA) is 114 Å². The zero-order chi connectivity index (χ0) is 25.0. The molecule has 10 heteroatoms. The van der Waals surface area contributed by atoms with E-state index in [-0.39, 0.29) is 10.6 Å². The molecule has 0 radical (unpaired) electrons. The van der Waals surface area contributed by atoms with Crippen molar-refractivity contribution in [3.8, 4) is 11.5 Å². The summed E-state index contributed by atoms with van der Waals surface area (Å²) in [7, 11) is -2.73. The van der Waals surface area contributed by atoms with Gasteiger partial charge < -0.3 is 20.1 Å². The van der Waals surface area contributed by atoms with Crippen molar-refractivity contribution in [2.24, 2.45) is 0 Å². The van der Waals surface area contributed by atoms with Crippen molar-refractivity contribution in [1.29, 1.82) is 0 Å². The molecule has 1 heterocycles. The molecule has 0 bridgehead atoms. The number of amides is 2. The monoisotopic (exact) mass is 495 g/mol. The number of hydrogen-bond acceptors (Lipinski definition) is 6. The molecule has 2 amide bonds. The van der Waals surface area contributed by atoms with Crippen LogP contribution in [0.1, 0.15) is 13.3 Å². The van der Waals surface area contributed by atoms with E-state index in [2.05, 4.69) is 10.6 Å². The van der Waals surface area contributed by atoms with Crippen LogP contribution in [0, 0.1) is 0 Å². The van der Waals surface area contributed by atoms with Gasteiger partial charge in [0.2, 0.25) is 11.8 Å². The van der Waals surface area contributed by atoms with E-state index in [4.69, 9.17) is 9.47 Å². The lowest BCUT2D eigenvalue weighted by molar-refractivity contribution is -0.122. The first-order valence-electron chi connectivity index (χ1n) is 10.9. The van der Waals surface area contributed by atoms with Crippen LogP contribution in [0.3, 0.4) is 0 Å². The number of benzene rings is 3. The highest BCUT2D eigenvalue weighted by molar-refractivity contribution is 7.93. The number of methoxy groups -OCH3 is 1. The van der Waals surface area contributed by atoms with E-state index >= 15 is 0 Å². The number of carbonyl (C=O) groups excluding carboxylic acids is 2. The van der Waals surface area contributed by atoms with Gasteiger partial charge in [0, 0.05) is 0 Å². The van der Waals surface area contributed by atoms with Crippen molar-refractivity contribution in [2.45, 2.75) is 24.3 Å². The van der Waals surface area contributed by atoms with Gasteiger partial charge in [-0.2, -0.15) is 0 Å². The third-order valence-corrected chi connectivity index (χ3v) is 7.28. The molecule has 9 nitrogen and oxygen atoms in total. The van der Waals surface area contributed by atoms with E-state index in [1.165, 1.54) is 31.4 Å². The van der Waals surface area contributed by atoms with Gasteiger partial charge >= 0.3 is 0 Å². The first kappa shape index (κ1) is 24.1. The number of fused-ring (bicyclic) bond motifs is 1. The normalized spacial score (nSPS) is 15.1. The zero-order valence-electron chi connectivity index (χ0n) is 19.2. The Bertz CT molecular complexity index is 1340. The molecule has 0 spiro atoms. The average Bonchev–Trinajstić information content (AvgIpc) is 2.85. The second kappa shape index (κ2) is 10.1. The van der Waals surface area contributed by atoms with Gasteiger partial charge in [0.15, 0.2) is 0 Å². The van der Waals surface area contributed by atoms with Gasteiger partial charge in [-0.1, -0.05) is 24.3 Å². The lowest BCUT2D eigenvalue weighted by Gasteiger charge is -2.36. The molecule has 1 aliphatic heterocycles. The van der Waals surface area contributed by atoms with Crippen LogP contribution in [0.25, 0.3) is 0 Å². The van der Waals surface area contributed by atoms with Crippen LogP contribution in [0.4, 0.5) is 17.1 Å². The van der Waals surface area contributed by atoms with E-state index in [1.807, 2.05) is 6.92 Å². The maximum Gasteiger partial charge on any atom is 0.265 e. The number of rotatable bonds is 8.